The summed E-state index contributed by atoms with van der Waals surface area (Å²) in [6, 6.07) is 64.9. The summed E-state index contributed by atoms with van der Waals surface area (Å²) < 4.78 is 2.46. The Labute approximate surface area is 283 Å². The molecule has 1 heteroatoms. The fourth-order valence-electron chi connectivity index (χ4n) is 8.63. The summed E-state index contributed by atoms with van der Waals surface area (Å²) in [5.74, 6) is 0. The minimum absolute atomic E-state index is 1.17. The highest BCUT2D eigenvalue weighted by Gasteiger charge is 2.23. The van der Waals surface area contributed by atoms with Crippen LogP contribution in [0.15, 0.2) is 176 Å². The maximum atomic E-state index is 2.46. The highest BCUT2D eigenvalue weighted by atomic mass is 15.0. The number of hydrogen-bond donors (Lipinski definition) is 0. The molecule has 0 N–H and O–H groups in total. The number of nitrogens with zero attached hydrogens (tertiary/aromatic N) is 1. The van der Waals surface area contributed by atoms with Crippen LogP contribution >= 0.6 is 0 Å². The minimum Gasteiger partial charge on any atom is -0.309 e. The Morgan fingerprint density at radius 2 is 0.857 bits per heavy atom. The lowest BCUT2D eigenvalue weighted by atomic mass is 9.92. The van der Waals surface area contributed by atoms with Gasteiger partial charge in [0, 0.05) is 21.8 Å². The first-order valence-electron chi connectivity index (χ1n) is 17.0. The second kappa shape index (κ2) is 10.0. The molecule has 0 fully saturated rings. The molecule has 0 amide bonds. The Kier molecular flexibility index (Phi) is 5.45. The van der Waals surface area contributed by atoms with Gasteiger partial charge in [-0.25, -0.2) is 0 Å². The highest BCUT2D eigenvalue weighted by Crippen LogP contribution is 2.49. The fourth-order valence-corrected chi connectivity index (χ4v) is 8.63. The van der Waals surface area contributed by atoms with Crippen molar-refractivity contribution in [3.8, 4) is 50.2 Å². The van der Waals surface area contributed by atoms with E-state index < -0.39 is 0 Å². The quantitative estimate of drug-likeness (QED) is 0.173. The summed E-state index contributed by atoms with van der Waals surface area (Å²) in [6.45, 7) is 0. The van der Waals surface area contributed by atoms with Gasteiger partial charge in [-0.2, -0.15) is 0 Å². The fraction of sp³-hybridized carbons (Fsp3) is 0. The second-order valence-electron chi connectivity index (χ2n) is 13.2. The lowest BCUT2D eigenvalue weighted by molar-refractivity contribution is 1.19. The average molecular weight is 620 g/mol. The molecule has 9 aromatic carbocycles. The van der Waals surface area contributed by atoms with Crippen LogP contribution in [0.3, 0.4) is 0 Å². The number of aromatic nitrogens is 1. The van der Waals surface area contributed by atoms with Gasteiger partial charge in [-0.05, 0) is 102 Å². The van der Waals surface area contributed by atoms with Crippen molar-refractivity contribution in [1.29, 1.82) is 0 Å². The molecule has 1 aliphatic rings. The Bertz CT molecular complexity index is 2950. The second-order valence-corrected chi connectivity index (χ2v) is 13.2. The smallest absolute Gasteiger partial charge is 0.0625 e. The van der Waals surface area contributed by atoms with Crippen molar-refractivity contribution in [2.45, 2.75) is 0 Å². The molecule has 0 unspecified atom stereocenters. The van der Waals surface area contributed by atoms with Crippen LogP contribution in [-0.2, 0) is 0 Å². The maximum absolute atomic E-state index is 2.46. The van der Waals surface area contributed by atoms with E-state index in [1.807, 2.05) is 0 Å². The van der Waals surface area contributed by atoms with E-state index in [1.54, 1.807) is 0 Å². The molecule has 0 saturated heterocycles. The Hall–Kier alpha value is -6.44. The van der Waals surface area contributed by atoms with E-state index in [4.69, 9.17) is 0 Å². The summed E-state index contributed by atoms with van der Waals surface area (Å²) in [5.41, 5.74) is 13.9. The standard InChI is InChI=1S/C48H29N/c1-2-14-33(15-3-1)49-45-27-24-31(29-44(45)47-41-20-8-6-18-37(41)38-19-7-9-21-43(38)48(47)49)30-12-10-13-32(28-30)34-25-26-42-36-17-5-4-16-35(36)40-23-11-22-39(34)46(40)42/h1-29H. The molecule has 1 nitrogen and oxygen atoms in total. The van der Waals surface area contributed by atoms with E-state index in [2.05, 4.69) is 180 Å². The molecule has 0 spiro atoms. The molecule has 0 atom stereocenters. The molecule has 0 bridgehead atoms. The van der Waals surface area contributed by atoms with Crippen LogP contribution in [-0.4, -0.2) is 4.57 Å². The Morgan fingerprint density at radius 3 is 1.67 bits per heavy atom. The first-order valence-corrected chi connectivity index (χ1v) is 17.0. The van der Waals surface area contributed by atoms with Crippen LogP contribution in [0.4, 0.5) is 0 Å². The topological polar surface area (TPSA) is 4.93 Å². The molecule has 10 aromatic rings. The van der Waals surface area contributed by atoms with Crippen molar-refractivity contribution < 1.29 is 0 Å². The van der Waals surface area contributed by atoms with Gasteiger partial charge in [0.15, 0.2) is 0 Å². The summed E-state index contributed by atoms with van der Waals surface area (Å²) in [6.07, 6.45) is 0. The number of benzene rings is 9. The number of hydrogen-bond acceptors (Lipinski definition) is 0. The van der Waals surface area contributed by atoms with Crippen LogP contribution in [0.25, 0.3) is 104 Å². The van der Waals surface area contributed by atoms with Gasteiger partial charge >= 0.3 is 0 Å². The first kappa shape index (κ1) is 26.6. The van der Waals surface area contributed by atoms with E-state index >= 15 is 0 Å². The Morgan fingerprint density at radius 1 is 0.286 bits per heavy atom. The zero-order chi connectivity index (χ0) is 32.1. The molecule has 1 heterocycles. The number of rotatable bonds is 3. The zero-order valence-corrected chi connectivity index (χ0v) is 26.7. The first-order chi connectivity index (χ1) is 24.3. The number of para-hydroxylation sites is 1. The van der Waals surface area contributed by atoms with Crippen molar-refractivity contribution in [2.24, 2.45) is 0 Å². The molecule has 1 aromatic heterocycles. The van der Waals surface area contributed by atoms with E-state index in [9.17, 15) is 0 Å². The summed E-state index contributed by atoms with van der Waals surface area (Å²) in [7, 11) is 0. The van der Waals surface area contributed by atoms with Crippen molar-refractivity contribution >= 4 is 54.1 Å². The molecule has 0 aliphatic heterocycles. The maximum Gasteiger partial charge on any atom is 0.0625 e. The molecular weight excluding hydrogens is 591 g/mol. The van der Waals surface area contributed by atoms with E-state index in [1.165, 1.54) is 104 Å². The van der Waals surface area contributed by atoms with E-state index in [0.717, 1.165) is 0 Å². The van der Waals surface area contributed by atoms with Crippen LogP contribution in [0.5, 0.6) is 0 Å². The van der Waals surface area contributed by atoms with E-state index in [-0.39, 0.29) is 0 Å². The van der Waals surface area contributed by atoms with Gasteiger partial charge in [-0.15, -0.1) is 0 Å². The van der Waals surface area contributed by atoms with E-state index in [0.29, 0.717) is 0 Å². The third-order valence-corrected chi connectivity index (χ3v) is 10.7. The normalized spacial score (nSPS) is 12.1. The summed E-state index contributed by atoms with van der Waals surface area (Å²) in [4.78, 5) is 0. The summed E-state index contributed by atoms with van der Waals surface area (Å²) >= 11 is 0. The lowest BCUT2D eigenvalue weighted by Crippen LogP contribution is -1.94. The van der Waals surface area contributed by atoms with Crippen molar-refractivity contribution in [2.75, 3.05) is 0 Å². The third-order valence-electron chi connectivity index (χ3n) is 10.7. The zero-order valence-electron chi connectivity index (χ0n) is 26.7. The van der Waals surface area contributed by atoms with Gasteiger partial charge < -0.3 is 4.57 Å². The average Bonchev–Trinajstić information content (AvgIpc) is 3.70. The lowest BCUT2D eigenvalue weighted by Gasteiger charge is -2.12. The van der Waals surface area contributed by atoms with Gasteiger partial charge in [-0.3, -0.25) is 0 Å². The molecule has 226 valence electrons. The van der Waals surface area contributed by atoms with Gasteiger partial charge in [0.2, 0.25) is 0 Å². The van der Waals surface area contributed by atoms with Crippen LogP contribution < -0.4 is 0 Å². The van der Waals surface area contributed by atoms with Crippen LogP contribution in [0, 0.1) is 0 Å². The third kappa shape index (κ3) is 3.70. The van der Waals surface area contributed by atoms with Crippen LogP contribution in [0.1, 0.15) is 0 Å². The van der Waals surface area contributed by atoms with Gasteiger partial charge in [-0.1, -0.05) is 146 Å². The molecule has 11 rings (SSSR count). The monoisotopic (exact) mass is 619 g/mol. The van der Waals surface area contributed by atoms with Crippen molar-refractivity contribution in [3.63, 3.8) is 0 Å². The van der Waals surface area contributed by atoms with Crippen LogP contribution in [0.2, 0.25) is 0 Å². The molecular formula is C48H29N. The van der Waals surface area contributed by atoms with Gasteiger partial charge in [0.05, 0.1) is 11.0 Å². The van der Waals surface area contributed by atoms with Gasteiger partial charge in [0.25, 0.3) is 0 Å². The highest BCUT2D eigenvalue weighted by molar-refractivity contribution is 6.32. The van der Waals surface area contributed by atoms with Crippen molar-refractivity contribution in [1.82, 2.24) is 4.57 Å². The molecule has 49 heavy (non-hydrogen) atoms. The molecule has 1 aliphatic carbocycles. The Balaban J connectivity index is 1.16. The predicted octanol–water partition coefficient (Wildman–Crippen LogP) is 13.2. The largest absolute Gasteiger partial charge is 0.309 e. The van der Waals surface area contributed by atoms with Gasteiger partial charge in [0.1, 0.15) is 0 Å². The molecule has 0 saturated carbocycles. The predicted molar refractivity (Wildman–Crippen MR) is 209 cm³/mol. The minimum atomic E-state index is 1.17. The molecule has 0 radical (unpaired) electrons. The SMILES string of the molecule is c1ccc(-n2c3ccc(-c4cccc(-c5ccc6c7c(cccc57)-c5ccccc5-6)c4)cc3c3c4ccccc4c4ccccc4c32)cc1. The number of fused-ring (bicyclic) bond motifs is 11. The summed E-state index contributed by atoms with van der Waals surface area (Å²) in [5, 5.41) is 10.4. The van der Waals surface area contributed by atoms with Crippen molar-refractivity contribution in [3.05, 3.63) is 176 Å².